The van der Waals surface area contributed by atoms with Crippen LogP contribution in [0.3, 0.4) is 0 Å². The van der Waals surface area contributed by atoms with Crippen molar-refractivity contribution in [2.75, 3.05) is 7.11 Å². The number of carbonyl (C=O) groups is 1. The first-order chi connectivity index (χ1) is 9.17. The number of aliphatic carboxylic acids is 1. The van der Waals surface area contributed by atoms with Crippen LogP contribution in [0.1, 0.15) is 5.56 Å². The van der Waals surface area contributed by atoms with Gasteiger partial charge in [0.1, 0.15) is 5.75 Å². The molecule has 0 saturated heterocycles. The molecule has 2 rings (SSSR count). The Morgan fingerprint density at radius 3 is 2.05 bits per heavy atom. The fraction of sp³-hybridized carbons (Fsp3) is 0.133. The Kier molecular flexibility index (Phi) is 4.79. The third kappa shape index (κ3) is 4.24. The molecule has 0 heterocycles. The molecule has 0 bridgehead atoms. The van der Waals surface area contributed by atoms with Crippen LogP contribution in [0.15, 0.2) is 48.5 Å². The zero-order valence-electron chi connectivity index (χ0n) is 10.5. The Balaban J connectivity index is 2.04. The maximum atomic E-state index is 10.6. The van der Waals surface area contributed by atoms with E-state index in [-0.39, 0.29) is 27.6 Å². The molecule has 4 heteroatoms. The Morgan fingerprint density at radius 1 is 1.05 bits per heavy atom. The number of carboxylic acid groups (broad SMARTS) is 1. The van der Waals surface area contributed by atoms with Crippen LogP contribution in [0.2, 0.25) is 0 Å². The number of halogens is 1. The summed E-state index contributed by atoms with van der Waals surface area (Å²) in [5, 5.41) is 8.72. The van der Waals surface area contributed by atoms with Crippen LogP contribution < -0.4 is 25.9 Å². The lowest BCUT2D eigenvalue weighted by molar-refractivity contribution is -0.597. The van der Waals surface area contributed by atoms with Crippen LogP contribution in [-0.2, 0) is 11.2 Å². The maximum Gasteiger partial charge on any atom is 0.357 e. The summed E-state index contributed by atoms with van der Waals surface area (Å²) >= 11 is -0.226. The minimum Gasteiger partial charge on any atom is -0.497 e. The molecule has 0 atom stereocenters. The molecule has 98 valence electrons. The number of rotatable bonds is 5. The largest absolute Gasteiger partial charge is 0.497 e. The molecule has 0 aliphatic heterocycles. The van der Waals surface area contributed by atoms with E-state index in [1.165, 1.54) is 7.14 Å². The first-order valence-electron chi connectivity index (χ1n) is 5.77. The summed E-state index contributed by atoms with van der Waals surface area (Å²) in [5.41, 5.74) is 0.843. The standard InChI is InChI=1S/C15H13IO3/c1-19-14-8-6-13(7-9-14)16-12-4-2-11(3-5-12)10-15(17)18/h2-9H,10H2,1H3/p+1. The fourth-order valence-electron chi connectivity index (χ4n) is 1.60. The van der Waals surface area contributed by atoms with E-state index in [1.807, 2.05) is 36.4 Å². The molecule has 0 aliphatic rings. The van der Waals surface area contributed by atoms with Gasteiger partial charge in [-0.1, -0.05) is 12.1 Å². The Bertz CT molecular complexity index is 547. The average Bonchev–Trinajstić information content (AvgIpc) is 2.41. The average molecular weight is 369 g/mol. The van der Waals surface area contributed by atoms with E-state index < -0.39 is 5.97 Å². The van der Waals surface area contributed by atoms with E-state index in [4.69, 9.17) is 9.84 Å². The highest BCUT2D eigenvalue weighted by molar-refractivity contribution is 5.70. The normalized spacial score (nSPS) is 10.2. The van der Waals surface area contributed by atoms with Crippen molar-refractivity contribution in [1.29, 1.82) is 0 Å². The van der Waals surface area contributed by atoms with Crippen molar-refractivity contribution < 1.29 is 35.8 Å². The lowest BCUT2D eigenvalue weighted by atomic mass is 10.2. The first-order valence-corrected chi connectivity index (χ1v) is 7.93. The van der Waals surface area contributed by atoms with Gasteiger partial charge in [-0.15, -0.1) is 0 Å². The van der Waals surface area contributed by atoms with Gasteiger partial charge in [-0.3, -0.25) is 4.79 Å². The highest BCUT2D eigenvalue weighted by atomic mass is 127. The lowest BCUT2D eigenvalue weighted by Crippen LogP contribution is -3.61. The minimum atomic E-state index is -0.794. The van der Waals surface area contributed by atoms with Crippen molar-refractivity contribution in [1.82, 2.24) is 0 Å². The van der Waals surface area contributed by atoms with Crippen molar-refractivity contribution in [2.24, 2.45) is 0 Å². The predicted molar refractivity (Wildman–Crippen MR) is 68.2 cm³/mol. The zero-order valence-corrected chi connectivity index (χ0v) is 12.6. The van der Waals surface area contributed by atoms with E-state index in [9.17, 15) is 4.79 Å². The van der Waals surface area contributed by atoms with Crippen LogP contribution in [0.5, 0.6) is 5.75 Å². The topological polar surface area (TPSA) is 46.5 Å². The third-order valence-corrected chi connectivity index (χ3v) is 5.22. The molecule has 0 spiro atoms. The molecule has 1 N–H and O–H groups in total. The molecular formula is C15H14IO3+. The van der Waals surface area contributed by atoms with Crippen LogP contribution in [0.25, 0.3) is 0 Å². The summed E-state index contributed by atoms with van der Waals surface area (Å²) in [5.74, 6) is 0.0715. The molecule has 19 heavy (non-hydrogen) atoms. The molecule has 2 aromatic carbocycles. The van der Waals surface area contributed by atoms with Gasteiger partial charge in [0.05, 0.1) is 13.5 Å². The lowest BCUT2D eigenvalue weighted by Gasteiger charge is -1.96. The number of hydrogen-bond acceptors (Lipinski definition) is 2. The molecule has 0 saturated carbocycles. The van der Waals surface area contributed by atoms with Gasteiger partial charge in [-0.2, -0.15) is 0 Å². The van der Waals surface area contributed by atoms with Gasteiger partial charge in [0.2, 0.25) is 0 Å². The zero-order chi connectivity index (χ0) is 13.7. The molecule has 0 radical (unpaired) electrons. The Morgan fingerprint density at radius 2 is 1.58 bits per heavy atom. The van der Waals surface area contributed by atoms with Crippen molar-refractivity contribution in [3.8, 4) is 5.75 Å². The SMILES string of the molecule is COc1ccc([I+]c2ccc(CC(=O)O)cc2)cc1. The number of benzene rings is 2. The van der Waals surface area contributed by atoms with Crippen molar-refractivity contribution in [2.45, 2.75) is 6.42 Å². The van der Waals surface area contributed by atoms with E-state index in [1.54, 1.807) is 7.11 Å². The molecular weight excluding hydrogens is 355 g/mol. The van der Waals surface area contributed by atoms with Crippen LogP contribution in [0, 0.1) is 7.14 Å². The highest BCUT2D eigenvalue weighted by Crippen LogP contribution is 2.06. The quantitative estimate of drug-likeness (QED) is 0.720. The number of methoxy groups -OCH3 is 1. The van der Waals surface area contributed by atoms with Gasteiger partial charge in [0.25, 0.3) is 0 Å². The van der Waals surface area contributed by atoms with Crippen molar-refractivity contribution >= 4 is 5.97 Å². The number of carboxylic acids is 1. The third-order valence-electron chi connectivity index (χ3n) is 2.54. The van der Waals surface area contributed by atoms with Gasteiger partial charge in [0, 0.05) is 0 Å². The summed E-state index contributed by atoms with van der Waals surface area (Å²) in [6.45, 7) is 0. The Labute approximate surface area is 122 Å². The van der Waals surface area contributed by atoms with Gasteiger partial charge < -0.3 is 9.84 Å². The summed E-state index contributed by atoms with van der Waals surface area (Å²) < 4.78 is 7.72. The molecule has 0 aromatic heterocycles. The van der Waals surface area contributed by atoms with Crippen molar-refractivity contribution in [3.63, 3.8) is 0 Å². The second kappa shape index (κ2) is 6.56. The summed E-state index contributed by atoms with van der Waals surface area (Å²) in [4.78, 5) is 10.6. The molecule has 0 amide bonds. The molecule has 0 fully saturated rings. The minimum absolute atomic E-state index is 0.0845. The summed E-state index contributed by atoms with van der Waals surface area (Å²) in [7, 11) is 1.66. The van der Waals surface area contributed by atoms with Gasteiger partial charge in [0.15, 0.2) is 7.14 Å². The van der Waals surface area contributed by atoms with Gasteiger partial charge >= 0.3 is 27.2 Å². The fourth-order valence-corrected chi connectivity index (χ4v) is 3.76. The maximum absolute atomic E-state index is 10.6. The van der Waals surface area contributed by atoms with E-state index in [2.05, 4.69) is 12.1 Å². The first kappa shape index (κ1) is 13.9. The monoisotopic (exact) mass is 369 g/mol. The second-order valence-corrected chi connectivity index (χ2v) is 6.98. The van der Waals surface area contributed by atoms with Gasteiger partial charge in [-0.25, -0.2) is 0 Å². The van der Waals surface area contributed by atoms with E-state index in [0.29, 0.717) is 0 Å². The van der Waals surface area contributed by atoms with Crippen LogP contribution in [-0.4, -0.2) is 18.2 Å². The highest BCUT2D eigenvalue weighted by Gasteiger charge is 2.15. The number of ether oxygens (including phenoxy) is 1. The predicted octanol–water partition coefficient (Wildman–Crippen LogP) is -0.549. The van der Waals surface area contributed by atoms with Crippen molar-refractivity contribution in [3.05, 3.63) is 61.2 Å². The van der Waals surface area contributed by atoms with Crippen LogP contribution in [0.4, 0.5) is 0 Å². The summed E-state index contributed by atoms with van der Waals surface area (Å²) in [6.07, 6.45) is 0.0845. The molecule has 0 unspecified atom stereocenters. The molecule has 3 nitrogen and oxygen atoms in total. The smallest absolute Gasteiger partial charge is 0.357 e. The molecule has 2 aromatic rings. The van der Waals surface area contributed by atoms with E-state index >= 15 is 0 Å². The number of hydrogen-bond donors (Lipinski definition) is 1. The van der Waals surface area contributed by atoms with E-state index in [0.717, 1.165) is 11.3 Å². The summed E-state index contributed by atoms with van der Waals surface area (Å²) in [6, 6.07) is 15.9. The second-order valence-electron chi connectivity index (χ2n) is 3.95. The van der Waals surface area contributed by atoms with Crippen LogP contribution >= 0.6 is 0 Å². The Hall–Kier alpha value is -1.56. The molecule has 0 aliphatic carbocycles. The van der Waals surface area contributed by atoms with Gasteiger partial charge in [-0.05, 0) is 42.0 Å².